The molecule has 0 amide bonds. The summed E-state index contributed by atoms with van der Waals surface area (Å²) < 4.78 is 29.0. The molecule has 1 fully saturated rings. The lowest BCUT2D eigenvalue weighted by Gasteiger charge is -2.23. The predicted octanol–water partition coefficient (Wildman–Crippen LogP) is 5.75. The maximum absolute atomic E-state index is 9.67. The Labute approximate surface area is 157 Å². The van der Waals surface area contributed by atoms with Crippen molar-refractivity contribution >= 4 is 32.6 Å². The average molecular weight is 388 g/mol. The lowest BCUT2D eigenvalue weighted by molar-refractivity contribution is 0.00819. The Morgan fingerprint density at radius 1 is 0.963 bits per heavy atom. The smallest absolute Gasteiger partial charge is 0.253 e. The van der Waals surface area contributed by atoms with Gasteiger partial charge in [-0.2, -0.15) is 13.2 Å². The monoisotopic (exact) mass is 388 g/mol. The van der Waals surface area contributed by atoms with E-state index in [2.05, 4.69) is 21.0 Å². The summed E-state index contributed by atoms with van der Waals surface area (Å²) >= 11 is 1.81. The van der Waals surface area contributed by atoms with E-state index in [-0.39, 0.29) is 0 Å². The first-order chi connectivity index (χ1) is 13.1. The molecular formula is C19H15F3N4S. The van der Waals surface area contributed by atoms with Crippen LogP contribution in [0.3, 0.4) is 0 Å². The van der Waals surface area contributed by atoms with Crippen molar-refractivity contribution in [3.05, 3.63) is 47.7 Å². The third-order valence-electron chi connectivity index (χ3n) is 4.53. The Bertz CT molecular complexity index is 1080. The lowest BCUT2D eigenvalue weighted by atomic mass is 9.84. The normalized spacial score (nSPS) is 14.2. The van der Waals surface area contributed by atoms with E-state index in [0.717, 1.165) is 38.6 Å². The fourth-order valence-electron chi connectivity index (χ4n) is 2.99. The molecule has 0 spiro atoms. The standard InChI is InChI=1S/C18H14N4S.CHF3/c1-2-11(3-1)16-9-13-10-21-17(22-18(13)23-16)12-4-5-14-15(8-12)20-7-6-19-14;2-1(3)4/h4-11H,1-3H2;1H. The van der Waals surface area contributed by atoms with Crippen molar-refractivity contribution in [3.8, 4) is 11.4 Å². The van der Waals surface area contributed by atoms with Gasteiger partial charge in [-0.1, -0.05) is 6.42 Å². The van der Waals surface area contributed by atoms with Crippen molar-refractivity contribution < 1.29 is 13.2 Å². The Morgan fingerprint density at radius 2 is 1.70 bits per heavy atom. The predicted molar refractivity (Wildman–Crippen MR) is 99.7 cm³/mol. The van der Waals surface area contributed by atoms with Crippen LogP contribution in [0, 0.1) is 0 Å². The van der Waals surface area contributed by atoms with E-state index in [1.165, 1.54) is 24.1 Å². The van der Waals surface area contributed by atoms with Crippen molar-refractivity contribution in [2.75, 3.05) is 0 Å². The number of hydrogen-bond acceptors (Lipinski definition) is 5. The molecule has 3 heterocycles. The highest BCUT2D eigenvalue weighted by Crippen LogP contribution is 2.41. The minimum atomic E-state index is -3.67. The quantitative estimate of drug-likeness (QED) is 0.439. The largest absolute Gasteiger partial charge is 0.379 e. The SMILES string of the molecule is FC(F)F.c1cnc2cc(-c3ncc4cc(C5CCC5)sc4n3)ccc2n1. The summed E-state index contributed by atoms with van der Waals surface area (Å²) in [5, 5.41) is 1.15. The molecule has 0 bridgehead atoms. The van der Waals surface area contributed by atoms with E-state index in [9.17, 15) is 13.2 Å². The summed E-state index contributed by atoms with van der Waals surface area (Å²) in [5.41, 5.74) is 2.74. The number of benzene rings is 1. The molecule has 0 N–H and O–H groups in total. The van der Waals surface area contributed by atoms with Crippen LogP contribution in [0.25, 0.3) is 32.6 Å². The first kappa shape index (κ1) is 17.8. The topological polar surface area (TPSA) is 51.6 Å². The van der Waals surface area contributed by atoms with Crippen LogP contribution < -0.4 is 0 Å². The fourth-order valence-corrected chi connectivity index (χ4v) is 4.16. The second-order valence-corrected chi connectivity index (χ2v) is 7.30. The average Bonchev–Trinajstić information content (AvgIpc) is 3.01. The molecule has 3 aromatic heterocycles. The maximum atomic E-state index is 9.67. The summed E-state index contributed by atoms with van der Waals surface area (Å²) in [6.07, 6.45) is 9.34. The second kappa shape index (κ2) is 7.56. The lowest BCUT2D eigenvalue weighted by Crippen LogP contribution is -2.06. The summed E-state index contributed by atoms with van der Waals surface area (Å²) in [4.78, 5) is 20.5. The molecule has 4 nitrogen and oxygen atoms in total. The van der Waals surface area contributed by atoms with Gasteiger partial charge in [0.25, 0.3) is 0 Å². The van der Waals surface area contributed by atoms with Crippen LogP contribution in [0.5, 0.6) is 0 Å². The third-order valence-corrected chi connectivity index (χ3v) is 5.73. The molecule has 0 saturated heterocycles. The van der Waals surface area contributed by atoms with Gasteiger partial charge in [-0.3, -0.25) is 9.97 Å². The zero-order valence-electron chi connectivity index (χ0n) is 14.1. The van der Waals surface area contributed by atoms with Gasteiger partial charge in [0.15, 0.2) is 5.82 Å². The van der Waals surface area contributed by atoms with E-state index in [1.807, 2.05) is 35.7 Å². The van der Waals surface area contributed by atoms with Crippen LogP contribution in [-0.2, 0) is 0 Å². The van der Waals surface area contributed by atoms with Crippen LogP contribution >= 0.6 is 11.3 Å². The molecule has 8 heteroatoms. The van der Waals surface area contributed by atoms with Crippen LogP contribution in [0.2, 0.25) is 0 Å². The highest BCUT2D eigenvalue weighted by atomic mass is 32.1. The molecule has 0 aliphatic heterocycles. The highest BCUT2D eigenvalue weighted by molar-refractivity contribution is 7.18. The first-order valence-electron chi connectivity index (χ1n) is 8.50. The van der Waals surface area contributed by atoms with Crippen LogP contribution in [0.4, 0.5) is 13.2 Å². The number of rotatable bonds is 2. The van der Waals surface area contributed by atoms with Gasteiger partial charge in [0.2, 0.25) is 0 Å². The van der Waals surface area contributed by atoms with E-state index in [4.69, 9.17) is 4.98 Å². The maximum Gasteiger partial charge on any atom is 0.379 e. The van der Waals surface area contributed by atoms with E-state index < -0.39 is 6.68 Å². The molecule has 1 saturated carbocycles. The van der Waals surface area contributed by atoms with Crippen LogP contribution in [0.1, 0.15) is 30.1 Å². The van der Waals surface area contributed by atoms with E-state index >= 15 is 0 Å². The number of hydrogen-bond donors (Lipinski definition) is 0. The fraction of sp³-hybridized carbons (Fsp3) is 0.263. The van der Waals surface area contributed by atoms with Gasteiger partial charge in [0.05, 0.1) is 11.0 Å². The molecule has 27 heavy (non-hydrogen) atoms. The summed E-state index contributed by atoms with van der Waals surface area (Å²) in [6.45, 7) is -3.67. The number of thiophene rings is 1. The van der Waals surface area contributed by atoms with Crippen molar-refractivity contribution in [1.82, 2.24) is 19.9 Å². The summed E-state index contributed by atoms with van der Waals surface area (Å²) in [5.74, 6) is 1.50. The molecular weight excluding hydrogens is 373 g/mol. The van der Waals surface area contributed by atoms with Gasteiger partial charge in [0, 0.05) is 34.4 Å². The van der Waals surface area contributed by atoms with Crippen LogP contribution in [0.15, 0.2) is 42.9 Å². The zero-order valence-corrected chi connectivity index (χ0v) is 15.0. The van der Waals surface area contributed by atoms with Gasteiger partial charge in [-0.15, -0.1) is 11.3 Å². The number of aromatic nitrogens is 4. The van der Waals surface area contributed by atoms with Gasteiger partial charge < -0.3 is 0 Å². The number of nitrogens with zero attached hydrogens (tertiary/aromatic N) is 4. The Kier molecular flexibility index (Phi) is 4.98. The van der Waals surface area contributed by atoms with Gasteiger partial charge in [-0.25, -0.2) is 9.97 Å². The highest BCUT2D eigenvalue weighted by Gasteiger charge is 2.22. The van der Waals surface area contributed by atoms with E-state index in [0.29, 0.717) is 0 Å². The molecule has 5 rings (SSSR count). The number of alkyl halides is 3. The summed E-state index contributed by atoms with van der Waals surface area (Å²) in [7, 11) is 0. The van der Waals surface area contributed by atoms with Gasteiger partial charge in [-0.05, 0) is 43.0 Å². The molecule has 0 unspecified atom stereocenters. The van der Waals surface area contributed by atoms with E-state index in [1.54, 1.807) is 12.4 Å². The third kappa shape index (κ3) is 3.90. The van der Waals surface area contributed by atoms with Crippen LogP contribution in [-0.4, -0.2) is 26.6 Å². The first-order valence-corrected chi connectivity index (χ1v) is 9.31. The number of halogens is 3. The van der Waals surface area contributed by atoms with Gasteiger partial charge in [0.1, 0.15) is 4.83 Å². The molecule has 1 aliphatic carbocycles. The van der Waals surface area contributed by atoms with Crippen molar-refractivity contribution in [2.24, 2.45) is 0 Å². The summed E-state index contributed by atoms with van der Waals surface area (Å²) in [6, 6.07) is 8.25. The molecule has 4 aromatic rings. The van der Waals surface area contributed by atoms with Crippen molar-refractivity contribution in [3.63, 3.8) is 0 Å². The number of fused-ring (bicyclic) bond motifs is 2. The molecule has 1 aliphatic rings. The molecule has 0 atom stereocenters. The molecule has 138 valence electrons. The zero-order chi connectivity index (χ0) is 18.8. The van der Waals surface area contributed by atoms with Gasteiger partial charge >= 0.3 is 6.68 Å². The van der Waals surface area contributed by atoms with Crippen molar-refractivity contribution in [1.29, 1.82) is 0 Å². The molecule has 1 aromatic carbocycles. The Morgan fingerprint density at radius 3 is 2.41 bits per heavy atom. The van der Waals surface area contributed by atoms with Crippen molar-refractivity contribution in [2.45, 2.75) is 31.9 Å². The minimum absolute atomic E-state index is 0.744. The Hall–Kier alpha value is -2.61. The minimum Gasteiger partial charge on any atom is -0.253 e. The molecule has 0 radical (unpaired) electrons. The second-order valence-electron chi connectivity index (χ2n) is 6.24. The Balaban J connectivity index is 0.000000413.